The van der Waals surface area contributed by atoms with Gasteiger partial charge in [-0.2, -0.15) is 0 Å². The number of hydrogen-bond donors (Lipinski definition) is 0. The number of furan rings is 1. The summed E-state index contributed by atoms with van der Waals surface area (Å²) in [7, 11) is 0. The van der Waals surface area contributed by atoms with Gasteiger partial charge in [-0.25, -0.2) is 0 Å². The molecule has 335 valence electrons. The van der Waals surface area contributed by atoms with E-state index >= 15 is 0 Å². The first-order valence-corrected chi connectivity index (χ1v) is 30.3. The van der Waals surface area contributed by atoms with Gasteiger partial charge in [0.25, 0.3) is 0 Å². The van der Waals surface area contributed by atoms with Gasteiger partial charge < -0.3 is 8.98 Å². The minimum Gasteiger partial charge on any atom is 0 e. The van der Waals surface area contributed by atoms with Crippen LogP contribution in [-0.2, 0) is 20.1 Å². The maximum atomic E-state index is 7.81. The smallest absolute Gasteiger partial charge is 0 e. The van der Waals surface area contributed by atoms with Crippen molar-refractivity contribution in [3.63, 3.8) is 0 Å². The zero-order valence-corrected chi connectivity index (χ0v) is 43.7. The van der Waals surface area contributed by atoms with Crippen molar-refractivity contribution in [3.05, 3.63) is 192 Å². The van der Waals surface area contributed by atoms with E-state index in [-0.39, 0.29) is 31.9 Å². The summed E-state index contributed by atoms with van der Waals surface area (Å²) >= 11 is -2.28. The Bertz CT molecular complexity index is 3690. The molecule has 0 aliphatic rings. The summed E-state index contributed by atoms with van der Waals surface area (Å²) < 4.78 is 33.6. The average Bonchev–Trinajstić information content (AvgIpc) is 3.91. The number of para-hydroxylation sites is 2. The van der Waals surface area contributed by atoms with E-state index in [9.17, 15) is 0 Å². The second-order valence-electron chi connectivity index (χ2n) is 19.1. The van der Waals surface area contributed by atoms with Crippen LogP contribution in [0, 0.1) is 25.9 Å². The average molecular weight is 1110 g/mol. The van der Waals surface area contributed by atoms with Crippen molar-refractivity contribution in [2.75, 3.05) is 0 Å². The van der Waals surface area contributed by atoms with E-state index in [4.69, 9.17) is 13.5 Å². The van der Waals surface area contributed by atoms with Gasteiger partial charge in [-0.1, -0.05) is 118 Å². The van der Waals surface area contributed by atoms with E-state index in [0.717, 1.165) is 59.9 Å². The zero-order valence-electron chi connectivity index (χ0n) is 42.2. The summed E-state index contributed by atoms with van der Waals surface area (Å²) in [4.78, 5) is 9.81. The Morgan fingerprint density at radius 3 is 2.10 bits per heavy atom. The molecular weight excluding hydrogens is 1060 g/mol. The molecule has 0 fully saturated rings. The fraction of sp³-hybridized carbons (Fsp3) is 0.180. The van der Waals surface area contributed by atoms with Crippen LogP contribution in [0.3, 0.4) is 0 Å². The summed E-state index contributed by atoms with van der Waals surface area (Å²) in [5.74, 6) is 7.96. The van der Waals surface area contributed by atoms with Gasteiger partial charge in [0.1, 0.15) is 5.58 Å². The van der Waals surface area contributed by atoms with Crippen LogP contribution in [0.4, 0.5) is 0 Å². The van der Waals surface area contributed by atoms with Gasteiger partial charge in [0, 0.05) is 31.2 Å². The van der Waals surface area contributed by atoms with E-state index in [1.54, 1.807) is 12.3 Å². The summed E-state index contributed by atoms with van der Waals surface area (Å²) in [6, 6.07) is 59.8. The maximum Gasteiger partial charge on any atom is 0 e. The number of fused-ring (bicyclic) bond motifs is 7. The zero-order chi connectivity index (χ0) is 48.4. The summed E-state index contributed by atoms with van der Waals surface area (Å²) in [6.45, 7) is 9.05. The standard InChI is InChI=1S/C45H35N2O.C16H20GeN.Ir/c1-27(2)36-24-32(29-13-6-5-7-14-29)25-37(28(3)4)43(36)47-41-20-11-10-19-40(41)46-45(47)35-18-12-17-34-39-23-31-22-21-30-15-8-9-16-33(30)38(31)26-42(39)48-44(34)35;1-12-6-8-14(9-7-12)16-10-13(2)15(11-18-16)17(3,4)5;/h5-17,19-28H,1-4H3;6-8,10-11H,1-5H3;/q2*-1;/i;2D3;. The number of hydrogen-bond acceptors (Lipinski definition) is 3. The van der Waals surface area contributed by atoms with Crippen LogP contribution in [0.15, 0.2) is 162 Å². The number of aromatic nitrogens is 3. The van der Waals surface area contributed by atoms with Crippen LogP contribution in [-0.4, -0.2) is 27.8 Å². The van der Waals surface area contributed by atoms with Crippen LogP contribution in [0.2, 0.25) is 17.3 Å². The van der Waals surface area contributed by atoms with Crippen molar-refractivity contribution < 1.29 is 28.6 Å². The second-order valence-corrected chi connectivity index (χ2v) is 29.7. The van der Waals surface area contributed by atoms with Crippen molar-refractivity contribution in [3.8, 4) is 39.5 Å². The maximum absolute atomic E-state index is 7.81. The molecule has 0 atom stereocenters. The first-order chi connectivity index (χ1) is 33.0. The van der Waals surface area contributed by atoms with E-state index < -0.39 is 20.1 Å². The van der Waals surface area contributed by atoms with Gasteiger partial charge in [0.05, 0.1) is 22.4 Å². The number of rotatable bonds is 7. The third-order valence-electron chi connectivity index (χ3n) is 12.8. The molecule has 4 nitrogen and oxygen atoms in total. The van der Waals surface area contributed by atoms with Crippen LogP contribution >= 0.6 is 0 Å². The van der Waals surface area contributed by atoms with Crippen LogP contribution in [0.5, 0.6) is 0 Å². The monoisotopic (exact) mass is 1120 g/mol. The van der Waals surface area contributed by atoms with E-state index in [1.165, 1.54) is 49.5 Å². The Morgan fingerprint density at radius 1 is 0.672 bits per heavy atom. The molecule has 1 radical (unpaired) electrons. The SMILES string of the molecule is CC(C)c1cc(-c2ccccc2)cc(C(C)C)c1-n1c(-c2[c-]ccc3c2oc2cc4c(ccc5ccccc54)cc23)nc2ccccc21.[2H]C([2H])([2H])c1cc(-c2[c-]cc(C)cc2)nc[c]1[Ge]([CH3])([CH3])[CH3].[Ir]. The molecule has 11 aromatic rings. The first-order valence-electron chi connectivity index (χ1n) is 24.4. The molecule has 0 bridgehead atoms. The molecule has 0 aliphatic carbocycles. The quantitative estimate of drug-likeness (QED) is 0.0907. The minimum atomic E-state index is -2.28. The Morgan fingerprint density at radius 2 is 1.39 bits per heavy atom. The van der Waals surface area contributed by atoms with Gasteiger partial charge in [-0.3, -0.25) is 4.98 Å². The molecular formula is C61H55GeIrN3O-2. The topological polar surface area (TPSA) is 43.9 Å². The number of aryl methyl sites for hydroxylation is 2. The van der Waals surface area contributed by atoms with Crippen molar-refractivity contribution in [2.24, 2.45) is 0 Å². The predicted molar refractivity (Wildman–Crippen MR) is 282 cm³/mol. The molecule has 0 spiro atoms. The van der Waals surface area contributed by atoms with Crippen molar-refractivity contribution >= 4 is 72.2 Å². The summed E-state index contributed by atoms with van der Waals surface area (Å²) in [5.41, 5.74) is 13.9. The molecule has 3 heterocycles. The Hall–Kier alpha value is -6.11. The molecule has 67 heavy (non-hydrogen) atoms. The Kier molecular flexibility index (Phi) is 11.7. The Labute approximate surface area is 415 Å². The number of imidazole rings is 1. The molecule has 0 amide bonds. The third-order valence-corrected chi connectivity index (χ3v) is 17.0. The molecule has 0 saturated carbocycles. The molecule has 3 aromatic heterocycles. The largest absolute Gasteiger partial charge is 0 e. The van der Waals surface area contributed by atoms with Crippen LogP contribution < -0.4 is 4.40 Å². The van der Waals surface area contributed by atoms with Gasteiger partial charge in [-0.15, -0.1) is 18.2 Å². The predicted octanol–water partition coefficient (Wildman–Crippen LogP) is 16.3. The molecule has 8 aromatic carbocycles. The number of benzene rings is 8. The summed E-state index contributed by atoms with van der Waals surface area (Å²) in [5, 5.41) is 7.02. The third kappa shape index (κ3) is 8.70. The van der Waals surface area contributed by atoms with Gasteiger partial charge in [-0.05, 0) is 92.0 Å². The second kappa shape index (κ2) is 18.5. The van der Waals surface area contributed by atoms with Gasteiger partial charge in [0.2, 0.25) is 0 Å². The van der Waals surface area contributed by atoms with Crippen molar-refractivity contribution in [2.45, 2.75) is 70.6 Å². The molecule has 0 aliphatic heterocycles. The van der Waals surface area contributed by atoms with Crippen molar-refractivity contribution in [1.29, 1.82) is 0 Å². The summed E-state index contributed by atoms with van der Waals surface area (Å²) in [6.07, 6.45) is 1.77. The minimum absolute atomic E-state index is 0. The van der Waals surface area contributed by atoms with Gasteiger partial charge in [0.15, 0.2) is 0 Å². The number of pyridine rings is 1. The fourth-order valence-corrected chi connectivity index (χ4v) is 12.1. The van der Waals surface area contributed by atoms with E-state index in [0.29, 0.717) is 11.3 Å². The van der Waals surface area contributed by atoms with Crippen LogP contribution in [0.25, 0.3) is 94.0 Å². The molecule has 0 saturated heterocycles. The molecule has 11 rings (SSSR count). The van der Waals surface area contributed by atoms with Crippen LogP contribution in [0.1, 0.15) is 65.9 Å². The normalized spacial score (nSPS) is 12.7. The molecule has 0 N–H and O–H groups in total. The fourth-order valence-electron chi connectivity index (χ4n) is 9.31. The van der Waals surface area contributed by atoms with E-state index in [2.05, 4.69) is 188 Å². The Balaban J connectivity index is 0.000000234. The molecule has 0 unspecified atom stereocenters. The number of nitrogens with zero attached hydrogens (tertiary/aromatic N) is 3. The van der Waals surface area contributed by atoms with Gasteiger partial charge >= 0.3 is 117 Å². The van der Waals surface area contributed by atoms with Crippen molar-refractivity contribution in [1.82, 2.24) is 14.5 Å². The van der Waals surface area contributed by atoms with E-state index in [1.807, 2.05) is 31.2 Å². The molecule has 6 heteroatoms. The first kappa shape index (κ1) is 42.3.